The van der Waals surface area contributed by atoms with Gasteiger partial charge in [0.1, 0.15) is 11.9 Å². The molecular weight excluding hydrogens is 336 g/mol. The molecule has 7 heteroatoms. The van der Waals surface area contributed by atoms with Crippen molar-refractivity contribution in [1.82, 2.24) is 10.3 Å². The predicted octanol–water partition coefficient (Wildman–Crippen LogP) is 2.41. The fraction of sp³-hybridized carbons (Fsp3) is 0.316. The lowest BCUT2D eigenvalue weighted by molar-refractivity contribution is -0.139. The predicted molar refractivity (Wildman–Crippen MR) is 93.2 cm³/mol. The summed E-state index contributed by atoms with van der Waals surface area (Å²) in [6.45, 7) is -0.110. The Bertz CT molecular complexity index is 789. The lowest BCUT2D eigenvalue weighted by atomic mass is 9.96. The van der Waals surface area contributed by atoms with Crippen molar-refractivity contribution < 1.29 is 24.2 Å². The third-order valence-corrected chi connectivity index (χ3v) is 4.05. The van der Waals surface area contributed by atoms with Crippen molar-refractivity contribution in [2.75, 3.05) is 6.61 Å². The summed E-state index contributed by atoms with van der Waals surface area (Å²) in [6.07, 6.45) is 4.98. The molecule has 2 aromatic rings. The van der Waals surface area contributed by atoms with Gasteiger partial charge in [0.05, 0.1) is 0 Å². The van der Waals surface area contributed by atoms with E-state index in [-0.39, 0.29) is 12.0 Å². The second-order valence-corrected chi connectivity index (χ2v) is 6.07. The Kier molecular flexibility index (Phi) is 5.68. The Morgan fingerprint density at radius 2 is 2.08 bits per heavy atom. The van der Waals surface area contributed by atoms with Gasteiger partial charge < -0.3 is 19.9 Å². The van der Waals surface area contributed by atoms with Crippen molar-refractivity contribution in [3.63, 3.8) is 0 Å². The van der Waals surface area contributed by atoms with Gasteiger partial charge in [-0.1, -0.05) is 12.1 Å². The average Bonchev–Trinajstić information content (AvgIpc) is 2.61. The number of pyridine rings is 1. The number of nitrogens with zero attached hydrogens (tertiary/aromatic N) is 1. The number of benzene rings is 1. The maximum absolute atomic E-state index is 12.3. The highest BCUT2D eigenvalue weighted by atomic mass is 16.5. The van der Waals surface area contributed by atoms with Crippen molar-refractivity contribution in [1.29, 1.82) is 0 Å². The van der Waals surface area contributed by atoms with Crippen LogP contribution < -0.4 is 14.8 Å². The minimum absolute atomic E-state index is 0.203. The third kappa shape index (κ3) is 4.95. The number of carbonyl (C=O) groups excluding carboxylic acids is 1. The summed E-state index contributed by atoms with van der Waals surface area (Å²) < 4.78 is 10.8. The number of aromatic nitrogens is 1. The van der Waals surface area contributed by atoms with Crippen LogP contribution in [-0.2, 0) is 11.3 Å². The minimum Gasteiger partial charge on any atom is -0.482 e. The zero-order chi connectivity index (χ0) is 18.4. The Hall–Kier alpha value is -3.09. The summed E-state index contributed by atoms with van der Waals surface area (Å²) in [5.74, 6) is -0.366. The molecule has 136 valence electrons. The third-order valence-electron chi connectivity index (χ3n) is 4.05. The number of ether oxygens (including phenoxy) is 2. The molecule has 7 nitrogen and oxygen atoms in total. The number of rotatable bonds is 8. The van der Waals surface area contributed by atoms with E-state index in [9.17, 15) is 9.59 Å². The smallest absolute Gasteiger partial charge is 0.341 e. The first-order chi connectivity index (χ1) is 12.6. The first-order valence-corrected chi connectivity index (χ1v) is 8.44. The maximum atomic E-state index is 12.3. The first-order valence-electron chi connectivity index (χ1n) is 8.44. The van der Waals surface area contributed by atoms with E-state index >= 15 is 0 Å². The van der Waals surface area contributed by atoms with E-state index in [1.165, 1.54) is 6.42 Å². The summed E-state index contributed by atoms with van der Waals surface area (Å²) in [5, 5.41) is 11.5. The molecule has 3 rings (SSSR count). The number of carboxylic acid groups (broad SMARTS) is 1. The van der Waals surface area contributed by atoms with Crippen LogP contribution in [0, 0.1) is 0 Å². The van der Waals surface area contributed by atoms with Gasteiger partial charge in [-0.3, -0.25) is 4.79 Å². The van der Waals surface area contributed by atoms with Gasteiger partial charge in [-0.2, -0.15) is 0 Å². The number of carboxylic acids is 1. The lowest BCUT2D eigenvalue weighted by Gasteiger charge is -2.25. The highest BCUT2D eigenvalue weighted by Crippen LogP contribution is 2.24. The number of hydrogen-bond donors (Lipinski definition) is 2. The van der Waals surface area contributed by atoms with Gasteiger partial charge in [0.2, 0.25) is 5.88 Å². The van der Waals surface area contributed by atoms with Gasteiger partial charge in [-0.15, -0.1) is 0 Å². The SMILES string of the molecule is O=C(O)COc1cccc(CNC(=O)c2ccnc(OC3CCC3)c2)c1. The van der Waals surface area contributed by atoms with Crippen molar-refractivity contribution >= 4 is 11.9 Å². The van der Waals surface area contributed by atoms with E-state index in [0.29, 0.717) is 23.7 Å². The Morgan fingerprint density at radius 3 is 2.81 bits per heavy atom. The highest BCUT2D eigenvalue weighted by molar-refractivity contribution is 5.94. The molecule has 0 spiro atoms. The van der Waals surface area contributed by atoms with Crippen LogP contribution in [0.5, 0.6) is 11.6 Å². The molecule has 2 N–H and O–H groups in total. The van der Waals surface area contributed by atoms with E-state index in [0.717, 1.165) is 18.4 Å². The number of hydrogen-bond acceptors (Lipinski definition) is 5. The number of carbonyl (C=O) groups is 2. The van der Waals surface area contributed by atoms with E-state index in [1.807, 2.05) is 6.07 Å². The molecule has 0 saturated heterocycles. The quantitative estimate of drug-likeness (QED) is 0.754. The van der Waals surface area contributed by atoms with Crippen LogP contribution in [0.2, 0.25) is 0 Å². The molecule has 0 bridgehead atoms. The Morgan fingerprint density at radius 1 is 1.23 bits per heavy atom. The lowest BCUT2D eigenvalue weighted by Crippen LogP contribution is -2.26. The molecule has 0 atom stereocenters. The summed E-state index contributed by atoms with van der Waals surface area (Å²) >= 11 is 0. The van der Waals surface area contributed by atoms with Gasteiger partial charge in [0.25, 0.3) is 5.91 Å². The van der Waals surface area contributed by atoms with Gasteiger partial charge in [-0.25, -0.2) is 9.78 Å². The highest BCUT2D eigenvalue weighted by Gasteiger charge is 2.20. The Labute approximate surface area is 151 Å². The van der Waals surface area contributed by atoms with Crippen LogP contribution in [-0.4, -0.2) is 34.7 Å². The van der Waals surface area contributed by atoms with Crippen molar-refractivity contribution in [2.45, 2.75) is 31.9 Å². The maximum Gasteiger partial charge on any atom is 0.341 e. The normalized spacial score (nSPS) is 13.5. The van der Waals surface area contributed by atoms with Gasteiger partial charge >= 0.3 is 5.97 Å². The molecule has 1 amide bonds. The largest absolute Gasteiger partial charge is 0.482 e. The van der Waals surface area contributed by atoms with Crippen molar-refractivity contribution in [2.24, 2.45) is 0 Å². The molecule has 26 heavy (non-hydrogen) atoms. The number of aliphatic carboxylic acids is 1. The van der Waals surface area contributed by atoms with Gasteiger partial charge in [0.15, 0.2) is 6.61 Å². The van der Waals surface area contributed by atoms with E-state index < -0.39 is 12.6 Å². The fourth-order valence-corrected chi connectivity index (χ4v) is 2.45. The molecule has 1 aliphatic carbocycles. The summed E-state index contributed by atoms with van der Waals surface area (Å²) in [5.41, 5.74) is 1.29. The second kappa shape index (κ2) is 8.33. The minimum atomic E-state index is -1.04. The molecule has 0 aliphatic heterocycles. The molecule has 1 fully saturated rings. The molecular formula is C19H20N2O5. The summed E-state index contributed by atoms with van der Waals surface area (Å²) in [4.78, 5) is 27.0. The van der Waals surface area contributed by atoms with Gasteiger partial charge in [-0.05, 0) is 43.0 Å². The van der Waals surface area contributed by atoms with Crippen LogP contribution in [0.15, 0.2) is 42.6 Å². The van der Waals surface area contributed by atoms with Crippen LogP contribution in [0.25, 0.3) is 0 Å². The number of amides is 1. The van der Waals surface area contributed by atoms with E-state index in [1.54, 1.807) is 36.5 Å². The molecule has 1 aliphatic rings. The first kappa shape index (κ1) is 17.7. The van der Waals surface area contributed by atoms with Crippen LogP contribution >= 0.6 is 0 Å². The second-order valence-electron chi connectivity index (χ2n) is 6.07. The molecule has 1 aromatic carbocycles. The molecule has 0 radical (unpaired) electrons. The summed E-state index contributed by atoms with van der Waals surface area (Å²) in [6, 6.07) is 10.2. The van der Waals surface area contributed by atoms with Crippen LogP contribution in [0.4, 0.5) is 0 Å². The van der Waals surface area contributed by atoms with Crippen LogP contribution in [0.1, 0.15) is 35.2 Å². The van der Waals surface area contributed by atoms with Crippen molar-refractivity contribution in [3.05, 3.63) is 53.7 Å². The molecule has 1 saturated carbocycles. The van der Waals surface area contributed by atoms with Crippen molar-refractivity contribution in [3.8, 4) is 11.6 Å². The average molecular weight is 356 g/mol. The summed E-state index contributed by atoms with van der Waals surface area (Å²) in [7, 11) is 0. The molecule has 0 unspecified atom stereocenters. The fourth-order valence-electron chi connectivity index (χ4n) is 2.45. The molecule has 1 heterocycles. The topological polar surface area (TPSA) is 97.8 Å². The van der Waals surface area contributed by atoms with Gasteiger partial charge in [0, 0.05) is 24.4 Å². The monoisotopic (exact) mass is 356 g/mol. The van der Waals surface area contributed by atoms with E-state index in [4.69, 9.17) is 14.6 Å². The molecule has 1 aromatic heterocycles. The number of nitrogens with one attached hydrogen (secondary N) is 1. The zero-order valence-corrected chi connectivity index (χ0v) is 14.2. The zero-order valence-electron chi connectivity index (χ0n) is 14.2. The Balaban J connectivity index is 1.55. The standard InChI is InChI=1S/C19H20N2O5/c22-18(23)12-25-16-6-1-3-13(9-16)11-21-19(24)14-7-8-20-17(10-14)26-15-4-2-5-15/h1,3,6-10,15H,2,4-5,11-12H2,(H,21,24)(H,22,23). The van der Waals surface area contributed by atoms with Crippen LogP contribution in [0.3, 0.4) is 0 Å². The van der Waals surface area contributed by atoms with E-state index in [2.05, 4.69) is 10.3 Å².